The van der Waals surface area contributed by atoms with Gasteiger partial charge in [-0.05, 0) is 54.6 Å². The third kappa shape index (κ3) is 5.53. The number of nitrogens with one attached hydrogen (secondary N) is 1. The van der Waals surface area contributed by atoms with E-state index in [-0.39, 0.29) is 15.6 Å². The molecule has 32 heavy (non-hydrogen) atoms. The highest BCUT2D eigenvalue weighted by Gasteiger charge is 2.35. The Labute approximate surface area is 192 Å². The van der Waals surface area contributed by atoms with Gasteiger partial charge in [-0.25, -0.2) is 8.42 Å². The van der Waals surface area contributed by atoms with Gasteiger partial charge in [0.05, 0.1) is 21.8 Å². The van der Waals surface area contributed by atoms with E-state index in [2.05, 4.69) is 5.32 Å². The Balaban J connectivity index is 1.96. The van der Waals surface area contributed by atoms with Crippen LogP contribution in [0.2, 0.25) is 10.0 Å². The molecule has 0 radical (unpaired) electrons. The highest BCUT2D eigenvalue weighted by atomic mass is 35.5. The van der Waals surface area contributed by atoms with Crippen molar-refractivity contribution in [1.29, 1.82) is 0 Å². The number of sulfonamides is 1. The molecular formula is C21H15Cl2F3N2O3S. The lowest BCUT2D eigenvalue weighted by molar-refractivity contribution is -0.137. The molecule has 0 heterocycles. The number of carbonyl (C=O) groups excluding carboxylic acids is 1. The molecule has 5 nitrogen and oxygen atoms in total. The molecule has 0 saturated heterocycles. The summed E-state index contributed by atoms with van der Waals surface area (Å²) in [5.41, 5.74) is -1.58. The second kappa shape index (κ2) is 9.40. The first-order chi connectivity index (χ1) is 15.0. The molecule has 11 heteroatoms. The fourth-order valence-corrected chi connectivity index (χ4v) is 4.56. The number of hydrogen-bond donors (Lipinski definition) is 1. The van der Waals surface area contributed by atoms with Gasteiger partial charge >= 0.3 is 6.18 Å². The van der Waals surface area contributed by atoms with E-state index in [9.17, 15) is 26.4 Å². The van der Waals surface area contributed by atoms with Crippen molar-refractivity contribution < 1.29 is 26.4 Å². The third-order valence-electron chi connectivity index (χ3n) is 4.29. The average molecular weight is 503 g/mol. The van der Waals surface area contributed by atoms with Gasteiger partial charge in [0.2, 0.25) is 5.91 Å². The van der Waals surface area contributed by atoms with E-state index in [0.29, 0.717) is 11.1 Å². The minimum absolute atomic E-state index is 0.0924. The standard InChI is InChI=1S/C21H15Cl2F3N2O3S/c22-14-6-9-16(10-7-14)28(32(30,31)17-4-2-1-3-5-17)13-20(29)27-19-11-8-15(23)12-18(19)21(24,25)26/h1-12H,13H2,(H,27,29). The summed E-state index contributed by atoms with van der Waals surface area (Å²) in [6.07, 6.45) is -4.78. The van der Waals surface area contributed by atoms with Gasteiger partial charge in [-0.15, -0.1) is 0 Å². The summed E-state index contributed by atoms with van der Waals surface area (Å²) in [7, 11) is -4.21. The molecule has 3 aromatic carbocycles. The van der Waals surface area contributed by atoms with Crippen molar-refractivity contribution in [2.75, 3.05) is 16.2 Å². The first kappa shape index (κ1) is 23.9. The minimum atomic E-state index is -4.78. The number of carbonyl (C=O) groups is 1. The van der Waals surface area contributed by atoms with Gasteiger partial charge in [-0.3, -0.25) is 9.10 Å². The highest BCUT2D eigenvalue weighted by Crippen LogP contribution is 2.36. The first-order valence-electron chi connectivity index (χ1n) is 8.98. The number of rotatable bonds is 6. The molecule has 1 amide bonds. The number of anilines is 2. The molecule has 0 atom stereocenters. The average Bonchev–Trinajstić information content (AvgIpc) is 2.74. The molecule has 0 aliphatic heterocycles. The summed E-state index contributed by atoms with van der Waals surface area (Å²) in [5, 5.41) is 2.31. The zero-order valence-corrected chi connectivity index (χ0v) is 18.4. The van der Waals surface area contributed by atoms with Crippen molar-refractivity contribution in [3.8, 4) is 0 Å². The Morgan fingerprint density at radius 2 is 1.50 bits per heavy atom. The van der Waals surface area contributed by atoms with E-state index in [1.54, 1.807) is 6.07 Å². The number of amides is 1. The monoisotopic (exact) mass is 502 g/mol. The molecule has 3 rings (SSSR count). The van der Waals surface area contributed by atoms with Crippen LogP contribution in [0.25, 0.3) is 0 Å². The quantitative estimate of drug-likeness (QED) is 0.459. The lowest BCUT2D eigenvalue weighted by Gasteiger charge is -2.24. The van der Waals surface area contributed by atoms with Gasteiger partial charge in [0.1, 0.15) is 6.54 Å². The van der Waals surface area contributed by atoms with Gasteiger partial charge in [0, 0.05) is 10.0 Å². The maximum atomic E-state index is 13.3. The van der Waals surface area contributed by atoms with Crippen LogP contribution in [0.4, 0.5) is 24.5 Å². The summed E-state index contributed by atoms with van der Waals surface area (Å²) in [6, 6.07) is 15.8. The van der Waals surface area contributed by atoms with Crippen LogP contribution in [0.5, 0.6) is 0 Å². The van der Waals surface area contributed by atoms with Crippen LogP contribution in [-0.4, -0.2) is 20.9 Å². The number of nitrogens with zero attached hydrogens (tertiary/aromatic N) is 1. The van der Waals surface area contributed by atoms with Gasteiger partial charge in [0.25, 0.3) is 10.0 Å². The van der Waals surface area contributed by atoms with Gasteiger partial charge in [-0.1, -0.05) is 41.4 Å². The molecule has 0 aromatic heterocycles. The molecule has 0 bridgehead atoms. The topological polar surface area (TPSA) is 66.5 Å². The van der Waals surface area contributed by atoms with Crippen molar-refractivity contribution in [3.63, 3.8) is 0 Å². The van der Waals surface area contributed by atoms with Crippen LogP contribution >= 0.6 is 23.2 Å². The molecule has 0 aliphatic carbocycles. The lowest BCUT2D eigenvalue weighted by Crippen LogP contribution is -2.38. The molecule has 0 saturated carbocycles. The van der Waals surface area contributed by atoms with Crippen LogP contribution in [-0.2, 0) is 21.0 Å². The predicted octanol–water partition coefficient (Wildman–Crippen LogP) is 5.85. The maximum absolute atomic E-state index is 13.3. The van der Waals surface area contributed by atoms with Gasteiger partial charge < -0.3 is 5.32 Å². The highest BCUT2D eigenvalue weighted by molar-refractivity contribution is 7.92. The smallest absolute Gasteiger partial charge is 0.324 e. The Kier molecular flexibility index (Phi) is 7.02. The fourth-order valence-electron chi connectivity index (χ4n) is 2.82. The molecule has 1 N–H and O–H groups in total. The molecule has 0 spiro atoms. The number of alkyl halides is 3. The molecule has 0 unspecified atom stereocenters. The molecule has 3 aromatic rings. The second-order valence-electron chi connectivity index (χ2n) is 6.54. The molecule has 0 aliphatic rings. The second-order valence-corrected chi connectivity index (χ2v) is 9.27. The van der Waals surface area contributed by atoms with Crippen LogP contribution in [0, 0.1) is 0 Å². The van der Waals surface area contributed by atoms with Crippen LogP contribution in [0.15, 0.2) is 77.7 Å². The summed E-state index contributed by atoms with van der Waals surface area (Å²) in [5.74, 6) is -0.979. The summed E-state index contributed by atoms with van der Waals surface area (Å²) in [4.78, 5) is 12.6. The van der Waals surface area contributed by atoms with Crippen LogP contribution in [0.3, 0.4) is 0 Å². The SMILES string of the molecule is O=C(CN(c1ccc(Cl)cc1)S(=O)(=O)c1ccccc1)Nc1ccc(Cl)cc1C(F)(F)F. The summed E-state index contributed by atoms with van der Waals surface area (Å²) in [6.45, 7) is -0.779. The van der Waals surface area contributed by atoms with Crippen molar-refractivity contribution >= 4 is 50.5 Å². The number of halogens is 5. The number of benzene rings is 3. The Morgan fingerprint density at radius 3 is 2.09 bits per heavy atom. The predicted molar refractivity (Wildman–Crippen MR) is 118 cm³/mol. The number of hydrogen-bond acceptors (Lipinski definition) is 3. The van der Waals surface area contributed by atoms with Crippen molar-refractivity contribution in [1.82, 2.24) is 0 Å². The van der Waals surface area contributed by atoms with Crippen molar-refractivity contribution in [2.45, 2.75) is 11.1 Å². The Hall–Kier alpha value is -2.75. The third-order valence-corrected chi connectivity index (χ3v) is 6.57. The van der Waals surface area contributed by atoms with Gasteiger partial charge in [0.15, 0.2) is 0 Å². The zero-order chi connectivity index (χ0) is 23.5. The van der Waals surface area contributed by atoms with E-state index in [1.807, 2.05) is 0 Å². The summed E-state index contributed by atoms with van der Waals surface area (Å²) >= 11 is 11.5. The molecular weight excluding hydrogens is 488 g/mol. The zero-order valence-electron chi connectivity index (χ0n) is 16.1. The van der Waals surface area contributed by atoms with Crippen LogP contribution < -0.4 is 9.62 Å². The van der Waals surface area contributed by atoms with E-state index < -0.39 is 39.9 Å². The van der Waals surface area contributed by atoms with Gasteiger partial charge in [-0.2, -0.15) is 13.2 Å². The lowest BCUT2D eigenvalue weighted by atomic mass is 10.1. The van der Waals surface area contributed by atoms with E-state index in [1.165, 1.54) is 54.6 Å². The van der Waals surface area contributed by atoms with E-state index in [4.69, 9.17) is 23.2 Å². The minimum Gasteiger partial charge on any atom is -0.324 e. The van der Waals surface area contributed by atoms with E-state index in [0.717, 1.165) is 10.4 Å². The van der Waals surface area contributed by atoms with Crippen molar-refractivity contribution in [3.05, 3.63) is 88.4 Å². The van der Waals surface area contributed by atoms with Crippen LogP contribution in [0.1, 0.15) is 5.56 Å². The molecule has 168 valence electrons. The normalized spacial score (nSPS) is 11.8. The maximum Gasteiger partial charge on any atom is 0.418 e. The Bertz CT molecular complexity index is 1220. The summed E-state index contributed by atoms with van der Waals surface area (Å²) < 4.78 is 67.2. The van der Waals surface area contributed by atoms with Crippen molar-refractivity contribution in [2.24, 2.45) is 0 Å². The Morgan fingerprint density at radius 1 is 0.906 bits per heavy atom. The molecule has 0 fully saturated rings. The first-order valence-corrected chi connectivity index (χ1v) is 11.2. The largest absolute Gasteiger partial charge is 0.418 e. The van der Waals surface area contributed by atoms with E-state index >= 15 is 0 Å². The fraction of sp³-hybridized carbons (Fsp3) is 0.0952.